The molecule has 0 saturated carbocycles. The fourth-order valence-corrected chi connectivity index (χ4v) is 0.913. The molecule has 0 fully saturated rings. The molecule has 0 rings (SSSR count). The van der Waals surface area contributed by atoms with E-state index in [-0.39, 0.29) is 19.8 Å². The molecule has 8 heteroatoms. The quantitative estimate of drug-likeness (QED) is 0.397. The zero-order chi connectivity index (χ0) is 13.0. The van der Waals surface area contributed by atoms with Gasteiger partial charge in [-0.3, -0.25) is 9.45 Å². The third-order valence-electron chi connectivity index (χ3n) is 1.46. The summed E-state index contributed by atoms with van der Waals surface area (Å²) in [5.41, 5.74) is 0. The topological polar surface area (TPSA) is 118 Å². The van der Waals surface area contributed by atoms with Crippen molar-refractivity contribution in [1.29, 1.82) is 0 Å². The second-order valence-corrected chi connectivity index (χ2v) is 4.57. The van der Waals surface area contributed by atoms with Gasteiger partial charge in [-0.2, -0.15) is 8.42 Å². The maximum Gasteiger partial charge on any atom is 0.261 e. The lowest BCUT2D eigenvalue weighted by Crippen LogP contribution is -2.31. The van der Waals surface area contributed by atoms with Crippen LogP contribution in [0.1, 0.15) is 6.42 Å². The minimum absolute atomic E-state index is 0.103. The van der Waals surface area contributed by atoms with Gasteiger partial charge in [0.2, 0.25) is 0 Å². The number of nitrogens with zero attached hydrogens (tertiary/aromatic N) is 1. The second-order valence-electron chi connectivity index (χ2n) is 3.10. The monoisotopic (exact) mass is 259 g/mol. The van der Waals surface area contributed by atoms with E-state index < -0.39 is 10.1 Å². The van der Waals surface area contributed by atoms with Gasteiger partial charge in [0.1, 0.15) is 0 Å². The molecule has 0 aliphatic carbocycles. The van der Waals surface area contributed by atoms with Crippen molar-refractivity contribution in [1.82, 2.24) is 4.90 Å². The number of aliphatic hydroxyl groups is 3. The van der Waals surface area contributed by atoms with Crippen LogP contribution in [0.25, 0.3) is 0 Å². The fourth-order valence-electron chi connectivity index (χ4n) is 0.913. The third kappa shape index (κ3) is 23.5. The minimum Gasteiger partial charge on any atom is -0.396 e. The molecule has 0 aliphatic heterocycles. The highest BCUT2D eigenvalue weighted by molar-refractivity contribution is 7.85. The largest absolute Gasteiger partial charge is 0.396 e. The Hall–Kier alpha value is -0.250. The molecular formula is C8H21NO6S. The van der Waals surface area contributed by atoms with Gasteiger partial charge in [-0.05, 0) is 6.42 Å². The summed E-state index contributed by atoms with van der Waals surface area (Å²) in [6.45, 7) is 2.24. The zero-order valence-electron chi connectivity index (χ0n) is 9.41. The Balaban J connectivity index is 0. The van der Waals surface area contributed by atoms with E-state index in [1.54, 1.807) is 0 Å². The molecule has 0 unspecified atom stereocenters. The van der Waals surface area contributed by atoms with Crippen LogP contribution in [0.5, 0.6) is 0 Å². The predicted octanol–water partition coefficient (Wildman–Crippen LogP) is -1.84. The van der Waals surface area contributed by atoms with E-state index in [9.17, 15) is 8.42 Å². The molecule has 0 aromatic rings. The SMILES string of the molecule is CS(=O)(=O)O.OCCCN(CCO)CCO. The highest BCUT2D eigenvalue weighted by atomic mass is 32.2. The molecule has 0 bridgehead atoms. The Morgan fingerprint density at radius 3 is 1.56 bits per heavy atom. The van der Waals surface area contributed by atoms with Gasteiger partial charge in [0, 0.05) is 26.2 Å². The maximum atomic E-state index is 9.19. The van der Waals surface area contributed by atoms with Gasteiger partial charge in [0.05, 0.1) is 19.5 Å². The molecule has 0 heterocycles. The number of aliphatic hydroxyl groups excluding tert-OH is 3. The van der Waals surface area contributed by atoms with Crippen LogP contribution in [0.3, 0.4) is 0 Å². The van der Waals surface area contributed by atoms with Crippen LogP contribution in [-0.4, -0.2) is 78.9 Å². The van der Waals surface area contributed by atoms with E-state index in [4.69, 9.17) is 19.9 Å². The second kappa shape index (κ2) is 11.2. The molecule has 0 amide bonds. The Labute approximate surface area is 96.1 Å². The number of hydrogen-bond acceptors (Lipinski definition) is 6. The average Bonchev–Trinajstić information content (AvgIpc) is 2.12. The first-order valence-electron chi connectivity index (χ1n) is 4.82. The lowest BCUT2D eigenvalue weighted by Gasteiger charge is -2.18. The summed E-state index contributed by atoms with van der Waals surface area (Å²) in [4.78, 5) is 1.91. The summed E-state index contributed by atoms with van der Waals surface area (Å²) < 4.78 is 25.9. The molecule has 0 spiro atoms. The highest BCUT2D eigenvalue weighted by Gasteiger charge is 2.01. The van der Waals surface area contributed by atoms with Gasteiger partial charge >= 0.3 is 0 Å². The summed E-state index contributed by atoms with van der Waals surface area (Å²) in [5, 5.41) is 25.7. The summed E-state index contributed by atoms with van der Waals surface area (Å²) in [5.74, 6) is 0. The molecule has 0 aromatic heterocycles. The van der Waals surface area contributed by atoms with E-state index in [1.807, 2.05) is 4.90 Å². The van der Waals surface area contributed by atoms with Crippen LogP contribution in [0, 0.1) is 0 Å². The summed E-state index contributed by atoms with van der Waals surface area (Å²) >= 11 is 0. The Morgan fingerprint density at radius 1 is 0.938 bits per heavy atom. The number of rotatable bonds is 7. The molecule has 0 atom stereocenters. The van der Waals surface area contributed by atoms with Crippen molar-refractivity contribution in [3.63, 3.8) is 0 Å². The smallest absolute Gasteiger partial charge is 0.261 e. The van der Waals surface area contributed by atoms with E-state index in [1.165, 1.54) is 0 Å². The van der Waals surface area contributed by atoms with Crippen LogP contribution < -0.4 is 0 Å². The predicted molar refractivity (Wildman–Crippen MR) is 59.8 cm³/mol. The van der Waals surface area contributed by atoms with Crippen LogP contribution in [0.4, 0.5) is 0 Å². The molecule has 4 N–H and O–H groups in total. The molecule has 0 aliphatic rings. The van der Waals surface area contributed by atoms with Crippen molar-refractivity contribution in [3.05, 3.63) is 0 Å². The molecule has 7 nitrogen and oxygen atoms in total. The van der Waals surface area contributed by atoms with E-state index in [0.717, 1.165) is 6.54 Å². The minimum atomic E-state index is -3.67. The molecule has 16 heavy (non-hydrogen) atoms. The third-order valence-corrected chi connectivity index (χ3v) is 1.46. The van der Waals surface area contributed by atoms with Crippen LogP contribution in [0.2, 0.25) is 0 Å². The molecule has 0 saturated heterocycles. The zero-order valence-corrected chi connectivity index (χ0v) is 10.2. The van der Waals surface area contributed by atoms with Gasteiger partial charge in [0.25, 0.3) is 10.1 Å². The van der Waals surface area contributed by atoms with E-state index >= 15 is 0 Å². The molecule has 0 aromatic carbocycles. The fraction of sp³-hybridized carbons (Fsp3) is 1.00. The van der Waals surface area contributed by atoms with Crippen LogP contribution >= 0.6 is 0 Å². The highest BCUT2D eigenvalue weighted by Crippen LogP contribution is 1.89. The molecule has 0 radical (unpaired) electrons. The van der Waals surface area contributed by atoms with Crippen molar-refractivity contribution in [2.24, 2.45) is 0 Å². The van der Waals surface area contributed by atoms with Crippen molar-refractivity contribution in [3.8, 4) is 0 Å². The first kappa shape index (κ1) is 18.1. The van der Waals surface area contributed by atoms with Gasteiger partial charge in [-0.25, -0.2) is 0 Å². The van der Waals surface area contributed by atoms with Crippen molar-refractivity contribution >= 4 is 10.1 Å². The lowest BCUT2D eigenvalue weighted by atomic mass is 10.4. The lowest BCUT2D eigenvalue weighted by molar-refractivity contribution is 0.150. The standard InChI is InChI=1S/C7H17NO3.CH4O3S/c9-5-1-2-8(3-6-10)4-7-11;1-5(2,3)4/h9-11H,1-7H2;1H3,(H,2,3,4). The van der Waals surface area contributed by atoms with Gasteiger partial charge in [-0.1, -0.05) is 0 Å². The van der Waals surface area contributed by atoms with Gasteiger partial charge in [0.15, 0.2) is 0 Å². The first-order valence-corrected chi connectivity index (χ1v) is 6.67. The van der Waals surface area contributed by atoms with E-state index in [0.29, 0.717) is 25.8 Å². The van der Waals surface area contributed by atoms with E-state index in [2.05, 4.69) is 0 Å². The molecular weight excluding hydrogens is 238 g/mol. The Bertz CT molecular complexity index is 217. The Morgan fingerprint density at radius 2 is 1.31 bits per heavy atom. The summed E-state index contributed by atoms with van der Waals surface area (Å²) in [7, 11) is -3.67. The van der Waals surface area contributed by atoms with Crippen molar-refractivity contribution in [2.75, 3.05) is 45.7 Å². The van der Waals surface area contributed by atoms with Gasteiger partial charge in [-0.15, -0.1) is 0 Å². The summed E-state index contributed by atoms with van der Waals surface area (Å²) in [6, 6.07) is 0. The van der Waals surface area contributed by atoms with Crippen molar-refractivity contribution < 1.29 is 28.3 Å². The number of hydrogen-bond donors (Lipinski definition) is 4. The van der Waals surface area contributed by atoms with Gasteiger partial charge < -0.3 is 15.3 Å². The normalized spacial score (nSPS) is 11.1. The van der Waals surface area contributed by atoms with Crippen LogP contribution in [-0.2, 0) is 10.1 Å². The average molecular weight is 259 g/mol. The molecule has 100 valence electrons. The maximum absolute atomic E-state index is 9.19. The van der Waals surface area contributed by atoms with Crippen LogP contribution in [0.15, 0.2) is 0 Å². The Kier molecular flexibility index (Phi) is 12.7. The first-order chi connectivity index (χ1) is 7.35. The summed E-state index contributed by atoms with van der Waals surface area (Å²) in [6.07, 6.45) is 1.41. The van der Waals surface area contributed by atoms with Crippen molar-refractivity contribution in [2.45, 2.75) is 6.42 Å².